The minimum absolute atomic E-state index is 0.0647. The fraction of sp³-hybridized carbons (Fsp3) is 0.250. The van der Waals surface area contributed by atoms with Gasteiger partial charge in [0.25, 0.3) is 5.91 Å². The van der Waals surface area contributed by atoms with Gasteiger partial charge in [-0.05, 0) is 30.2 Å². The van der Waals surface area contributed by atoms with E-state index in [1.54, 1.807) is 26.0 Å². The number of furan rings is 1. The van der Waals surface area contributed by atoms with E-state index in [-0.39, 0.29) is 23.0 Å². The molecule has 0 bridgehead atoms. The summed E-state index contributed by atoms with van der Waals surface area (Å²) in [5.74, 6) is -2.37. The summed E-state index contributed by atoms with van der Waals surface area (Å²) in [4.78, 5) is 23.1. The van der Waals surface area contributed by atoms with Gasteiger partial charge in [-0.2, -0.15) is 0 Å². The molecule has 22 heavy (non-hydrogen) atoms. The molecule has 1 unspecified atom stereocenters. The Hall–Kier alpha value is -2.63. The number of carbonyl (C=O) groups is 2. The van der Waals surface area contributed by atoms with Crippen molar-refractivity contribution in [1.82, 2.24) is 5.32 Å². The number of rotatable bonds is 5. The molecule has 2 aromatic rings. The van der Waals surface area contributed by atoms with E-state index in [1.165, 1.54) is 24.3 Å². The molecule has 0 aliphatic carbocycles. The number of carbonyl (C=O) groups excluding carboxylic acids is 1. The number of aliphatic carboxylic acids is 1. The first-order valence-electron chi connectivity index (χ1n) is 6.78. The van der Waals surface area contributed by atoms with Gasteiger partial charge in [-0.3, -0.25) is 4.79 Å². The summed E-state index contributed by atoms with van der Waals surface area (Å²) < 4.78 is 19.0. The second-order valence-corrected chi connectivity index (χ2v) is 5.18. The second-order valence-electron chi connectivity index (χ2n) is 5.18. The molecule has 1 aromatic heterocycles. The van der Waals surface area contributed by atoms with Crippen molar-refractivity contribution in [2.75, 3.05) is 0 Å². The Morgan fingerprint density at radius 2 is 1.86 bits per heavy atom. The first-order valence-corrected chi connectivity index (χ1v) is 6.78. The molecule has 1 amide bonds. The predicted molar refractivity (Wildman–Crippen MR) is 77.8 cm³/mol. The third-order valence-corrected chi connectivity index (χ3v) is 3.19. The van der Waals surface area contributed by atoms with Gasteiger partial charge in [0.2, 0.25) is 0 Å². The molecular weight excluding hydrogens is 289 g/mol. The number of halogens is 1. The van der Waals surface area contributed by atoms with Crippen molar-refractivity contribution < 1.29 is 23.5 Å². The largest absolute Gasteiger partial charge is 0.480 e. The molecule has 0 spiro atoms. The lowest BCUT2D eigenvalue weighted by atomic mass is 10.0. The lowest BCUT2D eigenvalue weighted by molar-refractivity contribution is -0.140. The lowest BCUT2D eigenvalue weighted by Gasteiger charge is -2.16. The van der Waals surface area contributed by atoms with Gasteiger partial charge >= 0.3 is 5.97 Å². The highest BCUT2D eigenvalue weighted by atomic mass is 19.1. The topological polar surface area (TPSA) is 79.5 Å². The van der Waals surface area contributed by atoms with Crippen LogP contribution in [0.2, 0.25) is 0 Å². The van der Waals surface area contributed by atoms with Gasteiger partial charge in [-0.25, -0.2) is 9.18 Å². The molecule has 6 heteroatoms. The van der Waals surface area contributed by atoms with E-state index in [0.717, 1.165) is 0 Å². The quantitative estimate of drug-likeness (QED) is 0.890. The zero-order chi connectivity index (χ0) is 16.3. The minimum Gasteiger partial charge on any atom is -0.480 e. The van der Waals surface area contributed by atoms with E-state index in [9.17, 15) is 14.0 Å². The van der Waals surface area contributed by atoms with Crippen LogP contribution in [-0.2, 0) is 4.79 Å². The van der Waals surface area contributed by atoms with Crippen LogP contribution in [0.25, 0.3) is 11.3 Å². The normalized spacial score (nSPS) is 12.2. The highest BCUT2D eigenvalue weighted by Gasteiger charge is 2.25. The Kier molecular flexibility index (Phi) is 4.60. The van der Waals surface area contributed by atoms with E-state index in [4.69, 9.17) is 9.52 Å². The summed E-state index contributed by atoms with van der Waals surface area (Å²) in [5, 5.41) is 11.4. The van der Waals surface area contributed by atoms with Crippen LogP contribution in [0.15, 0.2) is 40.8 Å². The Morgan fingerprint density at radius 3 is 2.45 bits per heavy atom. The number of benzene rings is 1. The molecule has 1 aromatic carbocycles. The maximum Gasteiger partial charge on any atom is 0.326 e. The zero-order valence-electron chi connectivity index (χ0n) is 12.2. The molecule has 1 heterocycles. The van der Waals surface area contributed by atoms with Crippen molar-refractivity contribution >= 4 is 11.9 Å². The van der Waals surface area contributed by atoms with Gasteiger partial charge in [0.05, 0.1) is 5.56 Å². The number of hydrogen-bond donors (Lipinski definition) is 2. The van der Waals surface area contributed by atoms with Crippen LogP contribution >= 0.6 is 0 Å². The monoisotopic (exact) mass is 305 g/mol. The summed E-state index contributed by atoms with van der Waals surface area (Å²) in [6.07, 6.45) is 0. The van der Waals surface area contributed by atoms with Gasteiger partial charge in [0.15, 0.2) is 5.76 Å². The summed E-state index contributed by atoms with van der Waals surface area (Å²) >= 11 is 0. The molecule has 0 fully saturated rings. The van der Waals surface area contributed by atoms with Crippen LogP contribution in [0.5, 0.6) is 0 Å². The first kappa shape index (κ1) is 15.8. The molecule has 0 aliphatic heterocycles. The van der Waals surface area contributed by atoms with Gasteiger partial charge in [0.1, 0.15) is 17.6 Å². The number of carboxylic acid groups (broad SMARTS) is 1. The first-order chi connectivity index (χ1) is 10.4. The molecule has 0 saturated heterocycles. The van der Waals surface area contributed by atoms with Crippen molar-refractivity contribution in [2.45, 2.75) is 19.9 Å². The average Bonchev–Trinajstić information content (AvgIpc) is 2.94. The Balaban J connectivity index is 2.19. The summed E-state index contributed by atoms with van der Waals surface area (Å²) in [6, 6.07) is 7.86. The van der Waals surface area contributed by atoms with E-state index in [1.807, 2.05) is 0 Å². The molecular formula is C16H16FNO4. The smallest absolute Gasteiger partial charge is 0.326 e. The third kappa shape index (κ3) is 3.33. The van der Waals surface area contributed by atoms with Gasteiger partial charge < -0.3 is 14.8 Å². The zero-order valence-corrected chi connectivity index (χ0v) is 12.2. The molecule has 2 N–H and O–H groups in total. The highest BCUT2D eigenvalue weighted by molar-refractivity contribution is 5.94. The third-order valence-electron chi connectivity index (χ3n) is 3.19. The number of nitrogens with one attached hydrogen (secondary N) is 1. The average molecular weight is 305 g/mol. The highest BCUT2D eigenvalue weighted by Crippen LogP contribution is 2.24. The molecule has 0 saturated carbocycles. The molecule has 2 rings (SSSR count). The van der Waals surface area contributed by atoms with Crippen LogP contribution in [0.1, 0.15) is 24.4 Å². The Bertz CT molecular complexity index is 693. The van der Waals surface area contributed by atoms with Gasteiger partial charge in [-0.15, -0.1) is 0 Å². The number of carboxylic acids is 1. The lowest BCUT2D eigenvalue weighted by Crippen LogP contribution is -2.44. The standard InChI is InChI=1S/C16H16FNO4/c1-9(2)14(16(20)21)18-15(19)13-8-7-12(22-13)10-5-3-4-6-11(10)17/h3-9,14H,1-2H3,(H,18,19)(H,20,21). The molecule has 116 valence electrons. The predicted octanol–water partition coefficient (Wildman–Crippen LogP) is 2.92. The van der Waals surface area contributed by atoms with Crippen LogP contribution < -0.4 is 5.32 Å². The maximum atomic E-state index is 13.7. The van der Waals surface area contributed by atoms with Crippen molar-refractivity contribution in [2.24, 2.45) is 5.92 Å². The van der Waals surface area contributed by atoms with E-state index < -0.39 is 23.7 Å². The number of amides is 1. The van der Waals surface area contributed by atoms with E-state index in [2.05, 4.69) is 5.32 Å². The molecule has 0 aliphatic rings. The minimum atomic E-state index is -1.12. The van der Waals surface area contributed by atoms with Crippen LogP contribution in [-0.4, -0.2) is 23.0 Å². The summed E-state index contributed by atoms with van der Waals surface area (Å²) in [5.41, 5.74) is 0.236. The van der Waals surface area contributed by atoms with Crippen LogP contribution in [0.4, 0.5) is 4.39 Å². The van der Waals surface area contributed by atoms with Crippen LogP contribution in [0, 0.1) is 11.7 Å². The van der Waals surface area contributed by atoms with Crippen LogP contribution in [0.3, 0.4) is 0 Å². The molecule has 0 radical (unpaired) electrons. The SMILES string of the molecule is CC(C)C(NC(=O)c1ccc(-c2ccccc2F)o1)C(=O)O. The Labute approximate surface area is 126 Å². The summed E-state index contributed by atoms with van der Waals surface area (Å²) in [6.45, 7) is 3.37. The van der Waals surface area contributed by atoms with Crippen molar-refractivity contribution in [3.8, 4) is 11.3 Å². The fourth-order valence-corrected chi connectivity index (χ4v) is 1.99. The second kappa shape index (κ2) is 6.43. The molecule has 5 nitrogen and oxygen atoms in total. The van der Waals surface area contributed by atoms with Gasteiger partial charge in [0, 0.05) is 0 Å². The van der Waals surface area contributed by atoms with E-state index >= 15 is 0 Å². The maximum absolute atomic E-state index is 13.7. The van der Waals surface area contributed by atoms with Crippen molar-refractivity contribution in [3.05, 3.63) is 48.0 Å². The number of hydrogen-bond acceptors (Lipinski definition) is 3. The van der Waals surface area contributed by atoms with Gasteiger partial charge in [-0.1, -0.05) is 26.0 Å². The van der Waals surface area contributed by atoms with Crippen molar-refractivity contribution in [3.63, 3.8) is 0 Å². The van der Waals surface area contributed by atoms with Crippen molar-refractivity contribution in [1.29, 1.82) is 0 Å². The summed E-state index contributed by atoms with van der Waals surface area (Å²) in [7, 11) is 0. The van der Waals surface area contributed by atoms with E-state index in [0.29, 0.717) is 0 Å². The molecule has 1 atom stereocenters. The Morgan fingerprint density at radius 1 is 1.18 bits per heavy atom. The fourth-order valence-electron chi connectivity index (χ4n) is 1.99.